The van der Waals surface area contributed by atoms with Gasteiger partial charge in [-0.3, -0.25) is 4.79 Å². The normalized spacial score (nSPS) is 17.4. The lowest BCUT2D eigenvalue weighted by atomic mass is 10.2. The number of carbonyl (C=O) groups is 2. The van der Waals surface area contributed by atoms with Crippen LogP contribution in [0, 0.1) is 0 Å². The first-order valence-corrected chi connectivity index (χ1v) is 7.25. The van der Waals surface area contributed by atoms with Crippen molar-refractivity contribution in [2.24, 2.45) is 15.3 Å². The molecule has 1 atom stereocenters. The predicted molar refractivity (Wildman–Crippen MR) is 88.7 cm³/mol. The van der Waals surface area contributed by atoms with Gasteiger partial charge in [-0.2, -0.15) is 20.3 Å². The zero-order chi connectivity index (χ0) is 17.1. The molecule has 0 saturated carbocycles. The number of amides is 1. The van der Waals surface area contributed by atoms with Crippen molar-refractivity contribution in [3.63, 3.8) is 0 Å². The molecule has 2 aromatic carbocycles. The quantitative estimate of drug-likeness (QED) is 0.875. The van der Waals surface area contributed by atoms with Crippen LogP contribution in [0.2, 0.25) is 0 Å². The summed E-state index contributed by atoms with van der Waals surface area (Å²) in [4.78, 5) is 23.7. The summed E-state index contributed by atoms with van der Waals surface area (Å²) in [5.41, 5.74) is 1.37. The summed E-state index contributed by atoms with van der Waals surface area (Å²) < 4.78 is 0. The monoisotopic (exact) mass is 322 g/mol. The first-order chi connectivity index (χ1) is 11.6. The molecule has 0 unspecified atom stereocenters. The smallest absolute Gasteiger partial charge is 0.337 e. The van der Waals surface area contributed by atoms with Gasteiger partial charge in [0.05, 0.1) is 22.6 Å². The predicted octanol–water partition coefficient (Wildman–Crippen LogP) is 3.26. The maximum absolute atomic E-state index is 12.5. The fourth-order valence-electron chi connectivity index (χ4n) is 2.30. The van der Waals surface area contributed by atoms with Gasteiger partial charge in [0.15, 0.2) is 6.04 Å². The summed E-state index contributed by atoms with van der Waals surface area (Å²) in [6.45, 7) is 1.69. The van der Waals surface area contributed by atoms with Crippen LogP contribution in [0.25, 0.3) is 0 Å². The van der Waals surface area contributed by atoms with E-state index in [1.165, 1.54) is 17.1 Å². The Balaban J connectivity index is 1.86. The van der Waals surface area contributed by atoms with E-state index in [2.05, 4.69) is 15.3 Å². The summed E-state index contributed by atoms with van der Waals surface area (Å²) in [6, 6.07) is 14.4. The third kappa shape index (κ3) is 2.91. The highest BCUT2D eigenvalue weighted by atomic mass is 16.4. The number of azo groups is 1. The highest BCUT2D eigenvalue weighted by Crippen LogP contribution is 2.24. The van der Waals surface area contributed by atoms with Gasteiger partial charge >= 0.3 is 5.97 Å². The zero-order valence-electron chi connectivity index (χ0n) is 12.8. The van der Waals surface area contributed by atoms with Crippen LogP contribution in [0.3, 0.4) is 0 Å². The van der Waals surface area contributed by atoms with Crippen molar-refractivity contribution in [1.29, 1.82) is 0 Å². The van der Waals surface area contributed by atoms with E-state index in [-0.39, 0.29) is 17.2 Å². The number of aromatic carboxylic acids is 1. The molecule has 24 heavy (non-hydrogen) atoms. The van der Waals surface area contributed by atoms with Crippen LogP contribution in [0.5, 0.6) is 0 Å². The van der Waals surface area contributed by atoms with E-state index in [4.69, 9.17) is 5.11 Å². The molecule has 0 radical (unpaired) electrons. The van der Waals surface area contributed by atoms with Crippen molar-refractivity contribution in [3.8, 4) is 0 Å². The average molecular weight is 322 g/mol. The molecular formula is C17H14N4O3. The van der Waals surface area contributed by atoms with Crippen molar-refractivity contribution in [2.45, 2.75) is 13.0 Å². The van der Waals surface area contributed by atoms with E-state index in [0.29, 0.717) is 11.4 Å². The van der Waals surface area contributed by atoms with E-state index >= 15 is 0 Å². The van der Waals surface area contributed by atoms with Crippen LogP contribution in [0.1, 0.15) is 17.3 Å². The van der Waals surface area contributed by atoms with E-state index in [0.717, 1.165) is 0 Å². The third-order valence-electron chi connectivity index (χ3n) is 3.51. The lowest BCUT2D eigenvalue weighted by molar-refractivity contribution is -0.117. The number of carboxylic acids is 1. The molecule has 1 aliphatic heterocycles. The van der Waals surface area contributed by atoms with Crippen LogP contribution in [-0.2, 0) is 4.79 Å². The second kappa shape index (κ2) is 6.41. The maximum atomic E-state index is 12.5. The van der Waals surface area contributed by atoms with Gasteiger partial charge < -0.3 is 5.11 Å². The molecule has 3 rings (SSSR count). The molecule has 0 aliphatic carbocycles. The molecule has 1 N–H and O–H groups in total. The molecule has 7 heteroatoms. The van der Waals surface area contributed by atoms with Gasteiger partial charge in [-0.25, -0.2) is 4.79 Å². The largest absolute Gasteiger partial charge is 0.478 e. The molecule has 0 bridgehead atoms. The standard InChI is InChI=1S/C17H14N4O3/c1-11-15(16(22)21(20-11)12-7-3-2-4-8-12)19-18-14-10-6-5-9-13(14)17(23)24/h2-10,15H,1H3,(H,23,24)/t15-/m0/s1. The molecule has 0 aromatic heterocycles. The second-order valence-electron chi connectivity index (χ2n) is 5.17. The van der Waals surface area contributed by atoms with E-state index in [1.54, 1.807) is 31.2 Å². The number of carboxylic acid groups (broad SMARTS) is 1. The van der Waals surface area contributed by atoms with E-state index in [9.17, 15) is 9.59 Å². The Morgan fingerprint density at radius 1 is 1.12 bits per heavy atom. The fraction of sp³-hybridized carbons (Fsp3) is 0.118. The zero-order valence-corrected chi connectivity index (χ0v) is 12.8. The highest BCUT2D eigenvalue weighted by Gasteiger charge is 2.34. The summed E-state index contributed by atoms with van der Waals surface area (Å²) >= 11 is 0. The SMILES string of the molecule is CC1=NN(c2ccccc2)C(=O)[C@H]1N=Nc1ccccc1C(=O)O. The maximum Gasteiger partial charge on any atom is 0.337 e. The van der Waals surface area contributed by atoms with Gasteiger partial charge in [-0.1, -0.05) is 30.3 Å². The van der Waals surface area contributed by atoms with Crippen molar-refractivity contribution in [3.05, 3.63) is 60.2 Å². The molecule has 1 aliphatic rings. The molecule has 7 nitrogen and oxygen atoms in total. The van der Waals surface area contributed by atoms with Gasteiger partial charge in [0.1, 0.15) is 0 Å². The fourth-order valence-corrected chi connectivity index (χ4v) is 2.30. The first-order valence-electron chi connectivity index (χ1n) is 7.25. The highest BCUT2D eigenvalue weighted by molar-refractivity contribution is 6.18. The summed E-state index contributed by atoms with van der Waals surface area (Å²) in [5, 5.41) is 22.6. The molecular weight excluding hydrogens is 308 g/mol. The molecule has 0 fully saturated rings. The number of rotatable bonds is 4. The summed E-state index contributed by atoms with van der Waals surface area (Å²) in [5.74, 6) is -1.42. The van der Waals surface area contributed by atoms with Crippen LogP contribution in [0.4, 0.5) is 11.4 Å². The average Bonchev–Trinajstić information content (AvgIpc) is 2.88. The van der Waals surface area contributed by atoms with Crippen molar-refractivity contribution >= 4 is 29.0 Å². The molecule has 1 heterocycles. The molecule has 1 amide bonds. The van der Waals surface area contributed by atoms with Gasteiger partial charge in [0.2, 0.25) is 0 Å². The number of hydrazone groups is 1. The third-order valence-corrected chi connectivity index (χ3v) is 3.51. The van der Waals surface area contributed by atoms with Gasteiger partial charge in [0, 0.05) is 0 Å². The number of hydrogen-bond donors (Lipinski definition) is 1. The molecule has 120 valence electrons. The number of anilines is 1. The number of nitrogens with zero attached hydrogens (tertiary/aromatic N) is 4. The van der Waals surface area contributed by atoms with Crippen LogP contribution in [0.15, 0.2) is 69.9 Å². The number of benzene rings is 2. The topological polar surface area (TPSA) is 94.7 Å². The van der Waals surface area contributed by atoms with Crippen molar-refractivity contribution in [1.82, 2.24) is 0 Å². The minimum Gasteiger partial charge on any atom is -0.478 e. The van der Waals surface area contributed by atoms with E-state index < -0.39 is 12.0 Å². The Bertz CT molecular complexity index is 846. The lowest BCUT2D eigenvalue weighted by Crippen LogP contribution is -2.29. The second-order valence-corrected chi connectivity index (χ2v) is 5.17. The summed E-state index contributed by atoms with van der Waals surface area (Å²) in [7, 11) is 0. The minimum atomic E-state index is -1.10. The van der Waals surface area contributed by atoms with Gasteiger partial charge in [0.25, 0.3) is 5.91 Å². The van der Waals surface area contributed by atoms with Crippen LogP contribution in [-0.4, -0.2) is 28.7 Å². The Morgan fingerprint density at radius 2 is 1.79 bits per heavy atom. The Labute approximate surface area is 137 Å². The van der Waals surface area contributed by atoms with Crippen molar-refractivity contribution in [2.75, 3.05) is 5.01 Å². The molecule has 0 saturated heterocycles. The molecule has 2 aromatic rings. The van der Waals surface area contributed by atoms with Crippen molar-refractivity contribution < 1.29 is 14.7 Å². The van der Waals surface area contributed by atoms with Crippen LogP contribution >= 0.6 is 0 Å². The Kier molecular flexibility index (Phi) is 4.15. The lowest BCUT2D eigenvalue weighted by Gasteiger charge is -2.11. The number of para-hydroxylation sites is 1. The summed E-state index contributed by atoms with van der Waals surface area (Å²) in [6.07, 6.45) is 0. The van der Waals surface area contributed by atoms with Gasteiger partial charge in [-0.15, -0.1) is 0 Å². The van der Waals surface area contributed by atoms with Gasteiger partial charge in [-0.05, 0) is 31.2 Å². The van der Waals surface area contributed by atoms with E-state index in [1.807, 2.05) is 18.2 Å². The molecule has 0 spiro atoms. The minimum absolute atomic E-state index is 0.0289. The first kappa shape index (κ1) is 15.5. The van der Waals surface area contributed by atoms with Crippen LogP contribution < -0.4 is 5.01 Å². The number of hydrogen-bond acceptors (Lipinski definition) is 5. The Morgan fingerprint density at radius 3 is 2.50 bits per heavy atom. The Hall–Kier alpha value is -3.35. The number of carbonyl (C=O) groups excluding carboxylic acids is 1.